The SMILES string of the molecule is CCN(CC)C(=O)COC(=O)c1c(C)cccc1N. The van der Waals surface area contributed by atoms with E-state index in [9.17, 15) is 9.59 Å². The zero-order valence-corrected chi connectivity index (χ0v) is 11.6. The second-order valence-electron chi connectivity index (χ2n) is 4.18. The van der Waals surface area contributed by atoms with Gasteiger partial charge in [0.05, 0.1) is 5.56 Å². The third kappa shape index (κ3) is 3.71. The third-order valence-electron chi connectivity index (χ3n) is 2.95. The molecule has 0 bridgehead atoms. The van der Waals surface area contributed by atoms with Crippen LogP contribution in [0.1, 0.15) is 29.8 Å². The summed E-state index contributed by atoms with van der Waals surface area (Å²) in [6.07, 6.45) is 0. The van der Waals surface area contributed by atoms with Gasteiger partial charge in [-0.1, -0.05) is 12.1 Å². The minimum absolute atomic E-state index is 0.203. The molecule has 5 heteroatoms. The van der Waals surface area contributed by atoms with Gasteiger partial charge in [0.2, 0.25) is 0 Å². The number of nitrogens with two attached hydrogens (primary N) is 1. The van der Waals surface area contributed by atoms with Gasteiger partial charge in [0.1, 0.15) is 0 Å². The van der Waals surface area contributed by atoms with E-state index < -0.39 is 5.97 Å². The Kier molecular flexibility index (Phi) is 5.36. The van der Waals surface area contributed by atoms with Crippen molar-refractivity contribution in [2.24, 2.45) is 0 Å². The molecule has 0 aromatic heterocycles. The van der Waals surface area contributed by atoms with Crippen LogP contribution < -0.4 is 5.73 Å². The summed E-state index contributed by atoms with van der Waals surface area (Å²) in [5.74, 6) is -0.762. The monoisotopic (exact) mass is 264 g/mol. The Morgan fingerprint density at radius 1 is 1.26 bits per heavy atom. The Morgan fingerprint density at radius 3 is 2.42 bits per heavy atom. The van der Waals surface area contributed by atoms with Crippen molar-refractivity contribution in [1.29, 1.82) is 0 Å². The maximum Gasteiger partial charge on any atom is 0.341 e. The molecule has 1 amide bonds. The fraction of sp³-hybridized carbons (Fsp3) is 0.429. The van der Waals surface area contributed by atoms with Gasteiger partial charge in [-0.2, -0.15) is 0 Å². The highest BCUT2D eigenvalue weighted by Gasteiger charge is 2.17. The van der Waals surface area contributed by atoms with Crippen molar-refractivity contribution in [3.8, 4) is 0 Å². The van der Waals surface area contributed by atoms with Gasteiger partial charge < -0.3 is 15.4 Å². The van der Waals surface area contributed by atoms with Crippen LogP contribution in [0.2, 0.25) is 0 Å². The molecule has 0 aliphatic carbocycles. The van der Waals surface area contributed by atoms with E-state index in [0.717, 1.165) is 5.56 Å². The summed E-state index contributed by atoms with van der Waals surface area (Å²) in [6, 6.07) is 5.18. The van der Waals surface area contributed by atoms with E-state index in [-0.39, 0.29) is 12.5 Å². The molecular weight excluding hydrogens is 244 g/mol. The molecule has 0 atom stereocenters. The highest BCUT2D eigenvalue weighted by molar-refractivity contribution is 5.97. The van der Waals surface area contributed by atoms with Crippen LogP contribution in [-0.2, 0) is 9.53 Å². The van der Waals surface area contributed by atoms with Gasteiger partial charge in [-0.25, -0.2) is 4.79 Å². The number of aryl methyl sites for hydroxylation is 1. The molecule has 0 radical (unpaired) electrons. The quantitative estimate of drug-likeness (QED) is 0.647. The van der Waals surface area contributed by atoms with Crippen LogP contribution in [0.3, 0.4) is 0 Å². The lowest BCUT2D eigenvalue weighted by Gasteiger charge is -2.18. The lowest BCUT2D eigenvalue weighted by molar-refractivity contribution is -0.134. The smallest absolute Gasteiger partial charge is 0.341 e. The molecule has 1 aromatic rings. The van der Waals surface area contributed by atoms with Crippen molar-refractivity contribution < 1.29 is 14.3 Å². The summed E-state index contributed by atoms with van der Waals surface area (Å²) in [7, 11) is 0. The predicted octanol–water partition coefficient (Wildman–Crippen LogP) is 1.60. The summed E-state index contributed by atoms with van der Waals surface area (Å²) >= 11 is 0. The van der Waals surface area contributed by atoms with E-state index in [1.807, 2.05) is 13.8 Å². The van der Waals surface area contributed by atoms with Gasteiger partial charge in [-0.3, -0.25) is 4.79 Å². The van der Waals surface area contributed by atoms with Crippen molar-refractivity contribution in [2.45, 2.75) is 20.8 Å². The van der Waals surface area contributed by atoms with E-state index in [2.05, 4.69) is 0 Å². The highest BCUT2D eigenvalue weighted by Crippen LogP contribution is 2.17. The van der Waals surface area contributed by atoms with E-state index in [1.54, 1.807) is 30.0 Å². The number of nitrogen functional groups attached to an aromatic ring is 1. The Labute approximate surface area is 113 Å². The topological polar surface area (TPSA) is 72.6 Å². The number of ether oxygens (including phenoxy) is 1. The first-order chi connectivity index (χ1) is 9.01. The van der Waals surface area contributed by atoms with Crippen LogP contribution in [-0.4, -0.2) is 36.5 Å². The van der Waals surface area contributed by atoms with Gasteiger partial charge in [-0.15, -0.1) is 0 Å². The van der Waals surface area contributed by atoms with E-state index in [0.29, 0.717) is 24.3 Å². The largest absolute Gasteiger partial charge is 0.452 e. The first-order valence-electron chi connectivity index (χ1n) is 6.31. The van der Waals surface area contributed by atoms with Crippen LogP contribution in [0.25, 0.3) is 0 Å². The maximum atomic E-state index is 11.9. The third-order valence-corrected chi connectivity index (χ3v) is 2.95. The van der Waals surface area contributed by atoms with Crippen LogP contribution in [0.5, 0.6) is 0 Å². The van der Waals surface area contributed by atoms with Crippen LogP contribution in [0, 0.1) is 6.92 Å². The van der Waals surface area contributed by atoms with Crippen molar-refractivity contribution in [2.75, 3.05) is 25.4 Å². The van der Waals surface area contributed by atoms with Crippen LogP contribution in [0.15, 0.2) is 18.2 Å². The molecule has 0 saturated heterocycles. The van der Waals surface area contributed by atoms with Crippen molar-refractivity contribution in [3.05, 3.63) is 29.3 Å². The number of carbonyl (C=O) groups excluding carboxylic acids is 2. The molecule has 0 fully saturated rings. The van der Waals surface area contributed by atoms with E-state index in [4.69, 9.17) is 10.5 Å². The number of carbonyl (C=O) groups is 2. The Bertz CT molecular complexity index is 448. The highest BCUT2D eigenvalue weighted by atomic mass is 16.5. The minimum atomic E-state index is -0.559. The molecule has 0 unspecified atom stereocenters. The minimum Gasteiger partial charge on any atom is -0.452 e. The standard InChI is InChI=1S/C14H20N2O3/c1-4-16(5-2)12(17)9-19-14(18)13-10(3)7-6-8-11(13)15/h6-8H,4-5,9,15H2,1-3H3. The number of anilines is 1. The number of likely N-dealkylation sites (N-methyl/N-ethyl adjacent to an activating group) is 1. The van der Waals surface area contributed by atoms with E-state index in [1.165, 1.54) is 0 Å². The van der Waals surface area contributed by atoms with Gasteiger partial charge in [0.15, 0.2) is 6.61 Å². The number of benzene rings is 1. The maximum absolute atomic E-state index is 11.9. The molecule has 0 saturated carbocycles. The van der Waals surface area contributed by atoms with Crippen molar-refractivity contribution in [3.63, 3.8) is 0 Å². The normalized spacial score (nSPS) is 10.1. The van der Waals surface area contributed by atoms with Crippen molar-refractivity contribution >= 4 is 17.6 Å². The number of rotatable bonds is 5. The summed E-state index contributed by atoms with van der Waals surface area (Å²) in [5, 5.41) is 0. The number of nitrogens with zero attached hydrogens (tertiary/aromatic N) is 1. The number of esters is 1. The summed E-state index contributed by atoms with van der Waals surface area (Å²) in [6.45, 7) is 6.47. The Morgan fingerprint density at radius 2 is 1.89 bits per heavy atom. The predicted molar refractivity (Wildman–Crippen MR) is 73.8 cm³/mol. The molecule has 1 rings (SSSR count). The van der Waals surface area contributed by atoms with E-state index >= 15 is 0 Å². The molecule has 5 nitrogen and oxygen atoms in total. The summed E-state index contributed by atoms with van der Waals surface area (Å²) in [5.41, 5.74) is 7.17. The van der Waals surface area contributed by atoms with Gasteiger partial charge in [0.25, 0.3) is 5.91 Å². The molecule has 1 aromatic carbocycles. The number of amides is 1. The number of hydrogen-bond acceptors (Lipinski definition) is 4. The number of hydrogen-bond donors (Lipinski definition) is 1. The van der Waals surface area contributed by atoms with Crippen molar-refractivity contribution in [1.82, 2.24) is 4.90 Å². The molecule has 0 heterocycles. The molecule has 0 aliphatic heterocycles. The first-order valence-corrected chi connectivity index (χ1v) is 6.31. The molecule has 104 valence electrons. The Hall–Kier alpha value is -2.04. The molecule has 19 heavy (non-hydrogen) atoms. The average molecular weight is 264 g/mol. The fourth-order valence-electron chi connectivity index (χ4n) is 1.84. The fourth-order valence-corrected chi connectivity index (χ4v) is 1.84. The molecular formula is C14H20N2O3. The van der Waals surface area contributed by atoms with Crippen LogP contribution in [0.4, 0.5) is 5.69 Å². The second-order valence-corrected chi connectivity index (χ2v) is 4.18. The lowest BCUT2D eigenvalue weighted by Crippen LogP contribution is -2.34. The van der Waals surface area contributed by atoms with Gasteiger partial charge in [0, 0.05) is 18.8 Å². The molecule has 2 N–H and O–H groups in total. The molecule has 0 spiro atoms. The lowest BCUT2D eigenvalue weighted by atomic mass is 10.1. The molecule has 0 aliphatic rings. The average Bonchev–Trinajstić information content (AvgIpc) is 2.37. The summed E-state index contributed by atoms with van der Waals surface area (Å²) in [4.78, 5) is 25.3. The zero-order chi connectivity index (χ0) is 14.4. The zero-order valence-electron chi connectivity index (χ0n) is 11.6. The van der Waals surface area contributed by atoms with Gasteiger partial charge >= 0.3 is 5.97 Å². The van der Waals surface area contributed by atoms with Crippen LogP contribution >= 0.6 is 0 Å². The second kappa shape index (κ2) is 6.78. The first kappa shape index (κ1) is 15.0. The Balaban J connectivity index is 2.69. The van der Waals surface area contributed by atoms with Gasteiger partial charge in [-0.05, 0) is 32.4 Å². The summed E-state index contributed by atoms with van der Waals surface area (Å²) < 4.78 is 5.03.